The summed E-state index contributed by atoms with van der Waals surface area (Å²) in [5, 5.41) is 15.8. The van der Waals surface area contributed by atoms with Crippen LogP contribution in [0.15, 0.2) is 18.2 Å². The topological polar surface area (TPSA) is 70.6 Å². The lowest BCUT2D eigenvalue weighted by atomic mass is 9.99. The second-order valence-electron chi connectivity index (χ2n) is 5.73. The van der Waals surface area contributed by atoms with Crippen molar-refractivity contribution in [1.29, 1.82) is 0 Å². The van der Waals surface area contributed by atoms with Crippen molar-refractivity contribution in [3.8, 4) is 5.75 Å². The molecule has 3 N–H and O–H groups in total. The van der Waals surface area contributed by atoms with Gasteiger partial charge in [-0.3, -0.25) is 0 Å². The molecule has 1 saturated carbocycles. The van der Waals surface area contributed by atoms with Crippen molar-refractivity contribution in [3.63, 3.8) is 0 Å². The molecule has 6 heteroatoms. The molecule has 0 spiro atoms. The predicted molar refractivity (Wildman–Crippen MR) is 86.5 cm³/mol. The highest BCUT2D eigenvalue weighted by atomic mass is 35.5. The van der Waals surface area contributed by atoms with E-state index in [-0.39, 0.29) is 12.6 Å². The number of benzene rings is 1. The molecule has 0 atom stereocenters. The van der Waals surface area contributed by atoms with Gasteiger partial charge in [-0.15, -0.1) is 0 Å². The van der Waals surface area contributed by atoms with Crippen LogP contribution in [0, 0.1) is 0 Å². The summed E-state index contributed by atoms with van der Waals surface area (Å²) >= 11 is 6.16. The molecule has 1 aromatic carbocycles. The number of halogens is 1. The Labute approximate surface area is 136 Å². The molecule has 1 aliphatic carbocycles. The molecule has 5 nitrogen and oxygen atoms in total. The van der Waals surface area contributed by atoms with Gasteiger partial charge in [0, 0.05) is 11.6 Å². The number of rotatable bonds is 6. The van der Waals surface area contributed by atoms with Crippen molar-refractivity contribution in [2.24, 2.45) is 0 Å². The summed E-state index contributed by atoms with van der Waals surface area (Å²) in [6.07, 6.45) is 4.40. The average molecular weight is 327 g/mol. The van der Waals surface area contributed by atoms with E-state index in [1.807, 2.05) is 12.1 Å². The molecule has 1 fully saturated rings. The van der Waals surface area contributed by atoms with E-state index in [2.05, 4.69) is 10.6 Å². The Kier molecular flexibility index (Phi) is 5.91. The second kappa shape index (κ2) is 7.70. The van der Waals surface area contributed by atoms with Gasteiger partial charge in [0.2, 0.25) is 0 Å². The fourth-order valence-electron chi connectivity index (χ4n) is 2.83. The Morgan fingerprint density at radius 1 is 1.41 bits per heavy atom. The minimum Gasteiger partial charge on any atom is -0.497 e. The SMILES string of the molecule is COc1ccc(CCNC(=O)NC2(CO)CCCC2)c(Cl)c1. The van der Waals surface area contributed by atoms with Crippen LogP contribution in [0.1, 0.15) is 31.2 Å². The number of methoxy groups -OCH3 is 1. The molecule has 2 amide bonds. The first-order chi connectivity index (χ1) is 10.6. The smallest absolute Gasteiger partial charge is 0.315 e. The molecule has 0 saturated heterocycles. The molecule has 22 heavy (non-hydrogen) atoms. The monoisotopic (exact) mass is 326 g/mol. The van der Waals surface area contributed by atoms with Crippen molar-refractivity contribution in [3.05, 3.63) is 28.8 Å². The zero-order chi connectivity index (χ0) is 16.0. The van der Waals surface area contributed by atoms with E-state index < -0.39 is 5.54 Å². The van der Waals surface area contributed by atoms with E-state index in [0.29, 0.717) is 23.7 Å². The van der Waals surface area contributed by atoms with Gasteiger partial charge in [-0.1, -0.05) is 30.5 Å². The first-order valence-corrected chi connectivity index (χ1v) is 7.96. The summed E-state index contributed by atoms with van der Waals surface area (Å²) in [6.45, 7) is 0.476. The summed E-state index contributed by atoms with van der Waals surface area (Å²) in [6, 6.07) is 5.27. The van der Waals surface area contributed by atoms with Crippen molar-refractivity contribution in [2.45, 2.75) is 37.6 Å². The molecule has 2 rings (SSSR count). The maximum atomic E-state index is 12.0. The number of ether oxygens (including phenoxy) is 1. The number of aliphatic hydroxyl groups is 1. The van der Waals surface area contributed by atoms with E-state index in [1.165, 1.54) is 0 Å². The highest BCUT2D eigenvalue weighted by Gasteiger charge is 2.34. The Balaban J connectivity index is 1.79. The normalized spacial score (nSPS) is 16.3. The lowest BCUT2D eigenvalue weighted by Crippen LogP contribution is -2.53. The maximum Gasteiger partial charge on any atom is 0.315 e. The summed E-state index contributed by atoms with van der Waals surface area (Å²) in [4.78, 5) is 12.0. The Morgan fingerprint density at radius 2 is 2.14 bits per heavy atom. The number of amides is 2. The van der Waals surface area contributed by atoms with E-state index in [0.717, 1.165) is 31.2 Å². The molecule has 0 aliphatic heterocycles. The summed E-state index contributed by atoms with van der Waals surface area (Å²) in [5.41, 5.74) is 0.516. The Hall–Kier alpha value is -1.46. The van der Waals surface area contributed by atoms with Crippen LogP contribution in [-0.4, -0.2) is 36.9 Å². The van der Waals surface area contributed by atoms with Gasteiger partial charge in [0.05, 0.1) is 19.3 Å². The lowest BCUT2D eigenvalue weighted by Gasteiger charge is -2.28. The first kappa shape index (κ1) is 16.9. The molecular weight excluding hydrogens is 304 g/mol. The predicted octanol–water partition coefficient (Wildman–Crippen LogP) is 2.50. The minimum atomic E-state index is -0.443. The Bertz CT molecular complexity index is 516. The van der Waals surface area contributed by atoms with Crippen LogP contribution in [0.4, 0.5) is 4.79 Å². The van der Waals surface area contributed by atoms with Gasteiger partial charge in [0.1, 0.15) is 5.75 Å². The molecule has 1 aromatic rings. The quantitative estimate of drug-likeness (QED) is 0.752. The number of urea groups is 1. The summed E-state index contributed by atoms with van der Waals surface area (Å²) in [5.74, 6) is 0.713. The van der Waals surface area contributed by atoms with Crippen LogP contribution >= 0.6 is 11.6 Å². The van der Waals surface area contributed by atoms with E-state index >= 15 is 0 Å². The van der Waals surface area contributed by atoms with Crippen LogP contribution in [0.3, 0.4) is 0 Å². The van der Waals surface area contributed by atoms with Crippen molar-refractivity contribution in [1.82, 2.24) is 10.6 Å². The van der Waals surface area contributed by atoms with E-state index in [1.54, 1.807) is 13.2 Å². The first-order valence-electron chi connectivity index (χ1n) is 7.58. The molecule has 1 aliphatic rings. The second-order valence-corrected chi connectivity index (χ2v) is 6.14. The van der Waals surface area contributed by atoms with Crippen molar-refractivity contribution in [2.75, 3.05) is 20.3 Å². The minimum absolute atomic E-state index is 0.00920. The number of carbonyl (C=O) groups is 1. The molecule has 0 aromatic heterocycles. The number of carbonyl (C=O) groups excluding carboxylic acids is 1. The van der Waals surface area contributed by atoms with Crippen LogP contribution in [0.25, 0.3) is 0 Å². The van der Waals surface area contributed by atoms with Crippen LogP contribution < -0.4 is 15.4 Å². The largest absolute Gasteiger partial charge is 0.497 e. The average Bonchev–Trinajstić information content (AvgIpc) is 2.97. The standard InChI is InChI=1S/C16H23ClN2O3/c1-22-13-5-4-12(14(17)10-13)6-9-18-15(21)19-16(11-20)7-2-3-8-16/h4-5,10,20H,2-3,6-9,11H2,1H3,(H2,18,19,21). The third kappa shape index (κ3) is 4.27. The number of aliphatic hydroxyl groups excluding tert-OH is 1. The summed E-state index contributed by atoms with van der Waals surface area (Å²) < 4.78 is 5.10. The number of hydrogen-bond donors (Lipinski definition) is 3. The zero-order valence-electron chi connectivity index (χ0n) is 12.8. The molecule has 0 radical (unpaired) electrons. The Morgan fingerprint density at radius 3 is 2.73 bits per heavy atom. The maximum absolute atomic E-state index is 12.0. The molecule has 0 bridgehead atoms. The van der Waals surface area contributed by atoms with Gasteiger partial charge in [0.15, 0.2) is 0 Å². The van der Waals surface area contributed by atoms with Crippen molar-refractivity contribution >= 4 is 17.6 Å². The fraction of sp³-hybridized carbons (Fsp3) is 0.562. The van der Waals surface area contributed by atoms with Crippen molar-refractivity contribution < 1.29 is 14.6 Å². The number of hydrogen-bond acceptors (Lipinski definition) is 3. The van der Waals surface area contributed by atoms with Gasteiger partial charge in [0.25, 0.3) is 0 Å². The van der Waals surface area contributed by atoms with E-state index in [9.17, 15) is 9.90 Å². The van der Waals surface area contributed by atoms with Gasteiger partial charge in [-0.05, 0) is 37.0 Å². The number of nitrogens with one attached hydrogen (secondary N) is 2. The van der Waals surface area contributed by atoms with Crippen LogP contribution in [-0.2, 0) is 6.42 Å². The third-order valence-corrected chi connectivity index (χ3v) is 4.53. The zero-order valence-corrected chi connectivity index (χ0v) is 13.6. The summed E-state index contributed by atoms with van der Waals surface area (Å²) in [7, 11) is 1.59. The van der Waals surface area contributed by atoms with Gasteiger partial charge >= 0.3 is 6.03 Å². The van der Waals surface area contributed by atoms with Gasteiger partial charge in [-0.2, -0.15) is 0 Å². The highest BCUT2D eigenvalue weighted by Crippen LogP contribution is 2.29. The van der Waals surface area contributed by atoms with E-state index in [4.69, 9.17) is 16.3 Å². The molecular formula is C16H23ClN2O3. The fourth-order valence-corrected chi connectivity index (χ4v) is 3.09. The van der Waals surface area contributed by atoms with Crippen LogP contribution in [0.2, 0.25) is 5.02 Å². The molecule has 0 unspecified atom stereocenters. The lowest BCUT2D eigenvalue weighted by molar-refractivity contribution is 0.163. The van der Waals surface area contributed by atoms with Gasteiger partial charge < -0.3 is 20.5 Å². The highest BCUT2D eigenvalue weighted by molar-refractivity contribution is 6.31. The molecule has 0 heterocycles. The third-order valence-electron chi connectivity index (χ3n) is 4.18. The molecule has 122 valence electrons. The van der Waals surface area contributed by atoms with Gasteiger partial charge in [-0.25, -0.2) is 4.79 Å². The van der Waals surface area contributed by atoms with Crippen LogP contribution in [0.5, 0.6) is 5.75 Å².